The average molecular weight is 497 g/mol. The lowest BCUT2D eigenvalue weighted by atomic mass is 9.94. The fraction of sp³-hybridized carbons (Fsp3) is 0.462. The van der Waals surface area contributed by atoms with E-state index in [9.17, 15) is 14.4 Å². The van der Waals surface area contributed by atoms with Gasteiger partial charge in [-0.2, -0.15) is 0 Å². The molecule has 0 aliphatic carbocycles. The van der Waals surface area contributed by atoms with Crippen LogP contribution >= 0.6 is 0 Å². The van der Waals surface area contributed by atoms with Gasteiger partial charge in [-0.3, -0.25) is 19.4 Å². The topological polar surface area (TPSA) is 119 Å². The van der Waals surface area contributed by atoms with E-state index in [2.05, 4.69) is 15.6 Å². The molecule has 36 heavy (non-hydrogen) atoms. The third-order valence-corrected chi connectivity index (χ3v) is 6.47. The third kappa shape index (κ3) is 6.38. The number of aromatic nitrogens is 1. The van der Waals surface area contributed by atoms with Crippen LogP contribution in [0.3, 0.4) is 0 Å². The van der Waals surface area contributed by atoms with Crippen LogP contribution in [0.25, 0.3) is 0 Å². The normalized spacial score (nSPS) is 21.3. The van der Waals surface area contributed by atoms with Gasteiger partial charge in [0.2, 0.25) is 11.8 Å². The number of pyridine rings is 1. The van der Waals surface area contributed by atoms with E-state index in [1.165, 1.54) is 7.11 Å². The van der Waals surface area contributed by atoms with Gasteiger partial charge in [0.1, 0.15) is 25.1 Å². The molecule has 10 nitrogen and oxygen atoms in total. The molecule has 3 heterocycles. The van der Waals surface area contributed by atoms with Gasteiger partial charge >= 0.3 is 0 Å². The molecule has 2 aliphatic heterocycles. The average Bonchev–Trinajstić information content (AvgIpc) is 2.87. The molecule has 1 aromatic carbocycles. The van der Waals surface area contributed by atoms with Crippen LogP contribution in [-0.2, 0) is 25.5 Å². The van der Waals surface area contributed by atoms with Crippen LogP contribution in [-0.4, -0.2) is 79.8 Å². The zero-order valence-electron chi connectivity index (χ0n) is 20.6. The Morgan fingerprint density at radius 3 is 2.75 bits per heavy atom. The number of amides is 3. The summed E-state index contributed by atoms with van der Waals surface area (Å²) in [6.07, 6.45) is 5.25. The van der Waals surface area contributed by atoms with Crippen LogP contribution in [0.2, 0.25) is 0 Å². The maximum absolute atomic E-state index is 13.3. The first-order valence-corrected chi connectivity index (χ1v) is 12.1. The molecule has 0 spiro atoms. The zero-order chi connectivity index (χ0) is 25.5. The van der Waals surface area contributed by atoms with Crippen LogP contribution in [0.15, 0.2) is 42.7 Å². The van der Waals surface area contributed by atoms with Gasteiger partial charge in [0.25, 0.3) is 5.91 Å². The van der Waals surface area contributed by atoms with Crippen molar-refractivity contribution in [2.45, 2.75) is 43.9 Å². The van der Waals surface area contributed by atoms with Crippen molar-refractivity contribution in [2.24, 2.45) is 0 Å². The highest BCUT2D eigenvalue weighted by Gasteiger charge is 2.39. The highest BCUT2D eigenvalue weighted by molar-refractivity contribution is 6.00. The second-order valence-corrected chi connectivity index (χ2v) is 9.02. The van der Waals surface area contributed by atoms with E-state index in [4.69, 9.17) is 14.2 Å². The Bertz CT molecular complexity index is 1080. The maximum atomic E-state index is 13.3. The first kappa shape index (κ1) is 25.6. The van der Waals surface area contributed by atoms with Gasteiger partial charge in [0, 0.05) is 38.8 Å². The van der Waals surface area contributed by atoms with Crippen molar-refractivity contribution in [3.8, 4) is 5.75 Å². The number of anilines is 1. The number of nitrogens with one attached hydrogen (secondary N) is 2. The second-order valence-electron chi connectivity index (χ2n) is 9.02. The number of likely N-dealkylation sites (N-methyl/N-ethyl adjacent to an activating group) is 1. The van der Waals surface area contributed by atoms with Gasteiger partial charge in [-0.15, -0.1) is 0 Å². The highest BCUT2D eigenvalue weighted by atomic mass is 16.5. The predicted molar refractivity (Wildman–Crippen MR) is 132 cm³/mol. The Morgan fingerprint density at radius 2 is 1.97 bits per heavy atom. The van der Waals surface area contributed by atoms with Crippen molar-refractivity contribution in [1.29, 1.82) is 0 Å². The number of nitrogens with zero attached hydrogens (tertiary/aromatic N) is 2. The summed E-state index contributed by atoms with van der Waals surface area (Å²) < 4.78 is 17.1. The van der Waals surface area contributed by atoms with Crippen LogP contribution in [0.4, 0.5) is 5.69 Å². The largest absolute Gasteiger partial charge is 0.490 e. The zero-order valence-corrected chi connectivity index (χ0v) is 20.6. The molecule has 0 unspecified atom stereocenters. The quantitative estimate of drug-likeness (QED) is 0.572. The molecule has 0 saturated carbocycles. The fourth-order valence-electron chi connectivity index (χ4n) is 4.61. The van der Waals surface area contributed by atoms with Crippen molar-refractivity contribution < 1.29 is 28.6 Å². The van der Waals surface area contributed by atoms with Crippen molar-refractivity contribution >= 4 is 23.4 Å². The van der Waals surface area contributed by atoms with Crippen LogP contribution < -0.4 is 15.4 Å². The molecule has 3 atom stereocenters. The summed E-state index contributed by atoms with van der Waals surface area (Å²) in [4.78, 5) is 43.3. The molecule has 0 radical (unpaired) electrons. The minimum absolute atomic E-state index is 0.0582. The standard InChI is InChI=1S/C26H32N4O6/c1-30-21-5-4-19(14-24(31)28-12-9-17-7-10-27-11-8-17)36-23(21)15-35-22-6-3-18(13-20(22)26(30)33)29-25(32)16-34-2/h3,6-8,10-11,13,19,21,23H,4-5,9,12,14-16H2,1-2H3,(H,28,31)(H,29,32)/t19-,21-,23+/m0/s1. The Balaban J connectivity index is 1.34. The number of fused-ring (bicyclic) bond motifs is 2. The number of carbonyl (C=O) groups is 3. The number of ether oxygens (including phenoxy) is 3. The van der Waals surface area contributed by atoms with E-state index in [1.807, 2.05) is 12.1 Å². The molecule has 1 saturated heterocycles. The minimum atomic E-state index is -0.350. The fourth-order valence-corrected chi connectivity index (χ4v) is 4.61. The summed E-state index contributed by atoms with van der Waals surface area (Å²) in [5.74, 6) is -0.150. The summed E-state index contributed by atoms with van der Waals surface area (Å²) in [6, 6.07) is 8.65. The summed E-state index contributed by atoms with van der Waals surface area (Å²) >= 11 is 0. The van der Waals surface area contributed by atoms with Crippen molar-refractivity contribution in [3.63, 3.8) is 0 Å². The van der Waals surface area contributed by atoms with Gasteiger partial charge in [-0.1, -0.05) is 0 Å². The number of carbonyl (C=O) groups excluding carboxylic acids is 3. The van der Waals surface area contributed by atoms with Gasteiger partial charge in [-0.05, 0) is 55.2 Å². The summed E-state index contributed by atoms with van der Waals surface area (Å²) in [6.45, 7) is 0.726. The maximum Gasteiger partial charge on any atom is 0.257 e. The van der Waals surface area contributed by atoms with Crippen LogP contribution in [0, 0.1) is 0 Å². The predicted octanol–water partition coefficient (Wildman–Crippen LogP) is 1.80. The van der Waals surface area contributed by atoms with E-state index in [-0.39, 0.29) is 55.6 Å². The van der Waals surface area contributed by atoms with Crippen molar-refractivity contribution in [2.75, 3.05) is 39.2 Å². The molecule has 2 aliphatic rings. The van der Waals surface area contributed by atoms with Crippen LogP contribution in [0.1, 0.15) is 35.2 Å². The SMILES string of the molecule is COCC(=O)Nc1ccc2c(c1)C(=O)N(C)[C@H]1CC[C@@H](CC(=O)NCCc3ccncc3)O[C@@H]1CO2. The summed E-state index contributed by atoms with van der Waals surface area (Å²) in [5.41, 5.74) is 1.99. The monoisotopic (exact) mass is 496 g/mol. The molecule has 3 amide bonds. The van der Waals surface area contributed by atoms with Gasteiger partial charge in [0.15, 0.2) is 0 Å². The molecule has 1 aromatic heterocycles. The first-order valence-electron chi connectivity index (χ1n) is 12.1. The van der Waals surface area contributed by atoms with E-state index in [1.54, 1.807) is 42.5 Å². The molecule has 4 rings (SSSR count). The highest BCUT2D eigenvalue weighted by Crippen LogP contribution is 2.32. The van der Waals surface area contributed by atoms with Gasteiger partial charge < -0.3 is 29.7 Å². The molecule has 192 valence electrons. The van der Waals surface area contributed by atoms with E-state index < -0.39 is 0 Å². The number of hydrogen-bond acceptors (Lipinski definition) is 7. The number of rotatable bonds is 8. The molecule has 1 fully saturated rings. The minimum Gasteiger partial charge on any atom is -0.490 e. The molecule has 10 heteroatoms. The number of methoxy groups -OCH3 is 1. The Morgan fingerprint density at radius 1 is 1.17 bits per heavy atom. The van der Waals surface area contributed by atoms with Gasteiger partial charge in [0.05, 0.1) is 24.1 Å². The first-order chi connectivity index (χ1) is 17.4. The van der Waals surface area contributed by atoms with Crippen molar-refractivity contribution in [1.82, 2.24) is 15.2 Å². The second kappa shape index (κ2) is 12.0. The van der Waals surface area contributed by atoms with E-state index in [0.29, 0.717) is 36.4 Å². The molecule has 2 aromatic rings. The van der Waals surface area contributed by atoms with Gasteiger partial charge in [-0.25, -0.2) is 0 Å². The van der Waals surface area contributed by atoms with E-state index >= 15 is 0 Å². The Labute approximate surface area is 210 Å². The Hall–Kier alpha value is -3.50. The number of benzene rings is 1. The molecular formula is C26H32N4O6. The number of hydrogen-bond donors (Lipinski definition) is 2. The smallest absolute Gasteiger partial charge is 0.257 e. The lowest BCUT2D eigenvalue weighted by Crippen LogP contribution is -2.54. The molecule has 2 N–H and O–H groups in total. The lowest BCUT2D eigenvalue weighted by Gasteiger charge is -2.42. The molecular weight excluding hydrogens is 464 g/mol. The summed E-state index contributed by atoms with van der Waals surface area (Å²) in [7, 11) is 3.19. The third-order valence-electron chi connectivity index (χ3n) is 6.47. The summed E-state index contributed by atoms with van der Waals surface area (Å²) in [5, 5.41) is 5.67. The molecule has 0 bridgehead atoms. The van der Waals surface area contributed by atoms with Crippen LogP contribution in [0.5, 0.6) is 5.75 Å². The Kier molecular flexibility index (Phi) is 8.50. The lowest BCUT2D eigenvalue weighted by molar-refractivity contribution is -0.134. The van der Waals surface area contributed by atoms with Crippen molar-refractivity contribution in [3.05, 3.63) is 53.9 Å². The van der Waals surface area contributed by atoms with E-state index in [0.717, 1.165) is 12.0 Å².